The molecule has 1 aromatic heterocycles. The Hall–Kier alpha value is -1.82. The third kappa shape index (κ3) is 8.61. The van der Waals surface area contributed by atoms with Gasteiger partial charge in [0, 0.05) is 51.7 Å². The minimum Gasteiger partial charge on any atom is -0.382 e. The minimum atomic E-state index is 0.0190. The van der Waals surface area contributed by atoms with Crippen molar-refractivity contribution in [1.29, 1.82) is 0 Å². The first-order chi connectivity index (χ1) is 13.0. The topological polar surface area (TPSA) is 54.8 Å². The van der Waals surface area contributed by atoms with Gasteiger partial charge < -0.3 is 19.1 Å². The number of aromatic nitrogens is 1. The maximum Gasteiger partial charge on any atom is 0.242 e. The van der Waals surface area contributed by atoms with Crippen LogP contribution in [-0.2, 0) is 27.9 Å². The lowest BCUT2D eigenvalue weighted by molar-refractivity contribution is -0.141. The maximum absolute atomic E-state index is 13.0. The van der Waals surface area contributed by atoms with E-state index >= 15 is 0 Å². The van der Waals surface area contributed by atoms with Crippen molar-refractivity contribution in [2.45, 2.75) is 59.4 Å². The predicted molar refractivity (Wildman–Crippen MR) is 108 cm³/mol. The van der Waals surface area contributed by atoms with E-state index in [1.54, 1.807) is 4.90 Å². The van der Waals surface area contributed by atoms with Crippen molar-refractivity contribution in [3.63, 3.8) is 0 Å². The molecule has 0 bridgehead atoms. The number of carbonyl (C=O) groups is 2. The second-order valence-corrected chi connectivity index (χ2v) is 6.90. The molecule has 0 unspecified atom stereocenters. The molecule has 154 valence electrons. The van der Waals surface area contributed by atoms with Gasteiger partial charge in [-0.2, -0.15) is 0 Å². The molecule has 0 atom stereocenters. The fourth-order valence-corrected chi connectivity index (χ4v) is 2.93. The van der Waals surface area contributed by atoms with E-state index in [1.807, 2.05) is 48.7 Å². The lowest BCUT2D eigenvalue weighted by Crippen LogP contribution is -2.43. The molecule has 0 aliphatic heterocycles. The highest BCUT2D eigenvalue weighted by Gasteiger charge is 2.21. The van der Waals surface area contributed by atoms with Crippen molar-refractivity contribution in [1.82, 2.24) is 14.4 Å². The van der Waals surface area contributed by atoms with Gasteiger partial charge in [-0.3, -0.25) is 9.59 Å². The first-order valence-corrected chi connectivity index (χ1v) is 10.3. The van der Waals surface area contributed by atoms with Gasteiger partial charge in [0.1, 0.15) is 0 Å². The van der Waals surface area contributed by atoms with Crippen molar-refractivity contribution in [3.8, 4) is 0 Å². The number of carbonyl (C=O) groups excluding carboxylic acids is 2. The van der Waals surface area contributed by atoms with Gasteiger partial charge in [-0.25, -0.2) is 0 Å². The summed E-state index contributed by atoms with van der Waals surface area (Å²) in [6, 6.07) is 4.02. The van der Waals surface area contributed by atoms with E-state index in [1.165, 1.54) is 0 Å². The quantitative estimate of drug-likeness (QED) is 0.467. The Morgan fingerprint density at radius 1 is 1.04 bits per heavy atom. The van der Waals surface area contributed by atoms with Crippen LogP contribution in [0.4, 0.5) is 0 Å². The van der Waals surface area contributed by atoms with Crippen LogP contribution in [0.5, 0.6) is 0 Å². The van der Waals surface area contributed by atoms with E-state index in [2.05, 4.69) is 6.92 Å². The molecule has 2 amide bonds. The molecule has 0 aliphatic carbocycles. The number of amides is 2. The first kappa shape index (κ1) is 23.2. The van der Waals surface area contributed by atoms with Crippen LogP contribution in [0.25, 0.3) is 0 Å². The molecule has 0 fully saturated rings. The molecule has 1 heterocycles. The van der Waals surface area contributed by atoms with Gasteiger partial charge in [0.15, 0.2) is 0 Å². The van der Waals surface area contributed by atoms with Gasteiger partial charge >= 0.3 is 0 Å². The summed E-state index contributed by atoms with van der Waals surface area (Å²) in [6.07, 6.45) is 6.01. The molecule has 1 rings (SSSR count). The standard InChI is InChI=1S/C21H37N3O3/c1-5-8-14-23(17-19-12-9-13-22(19)4)21(26)18-24(20(25)11-6-2)15-10-16-27-7-3/h9,12-13H,5-8,10-11,14-18H2,1-4H3. The zero-order valence-electron chi connectivity index (χ0n) is 17.6. The summed E-state index contributed by atoms with van der Waals surface area (Å²) in [6.45, 7) is 9.37. The van der Waals surface area contributed by atoms with Gasteiger partial charge in [-0.05, 0) is 38.3 Å². The Balaban J connectivity index is 2.75. The summed E-state index contributed by atoms with van der Waals surface area (Å²) >= 11 is 0. The van der Waals surface area contributed by atoms with E-state index in [-0.39, 0.29) is 18.4 Å². The zero-order chi connectivity index (χ0) is 20.1. The van der Waals surface area contributed by atoms with E-state index in [9.17, 15) is 9.59 Å². The van der Waals surface area contributed by atoms with Crippen LogP contribution < -0.4 is 0 Å². The zero-order valence-corrected chi connectivity index (χ0v) is 17.6. The van der Waals surface area contributed by atoms with E-state index in [4.69, 9.17) is 4.74 Å². The van der Waals surface area contributed by atoms with Crippen molar-refractivity contribution in [2.75, 3.05) is 32.8 Å². The number of hydrogen-bond donors (Lipinski definition) is 0. The summed E-state index contributed by atoms with van der Waals surface area (Å²) in [4.78, 5) is 29.0. The molecule has 0 radical (unpaired) electrons. The van der Waals surface area contributed by atoms with Crippen molar-refractivity contribution < 1.29 is 14.3 Å². The third-order valence-electron chi connectivity index (χ3n) is 4.60. The number of ether oxygens (including phenoxy) is 1. The molecular weight excluding hydrogens is 342 g/mol. The number of rotatable bonds is 14. The average Bonchev–Trinajstić information content (AvgIpc) is 3.05. The number of nitrogens with zero attached hydrogens (tertiary/aromatic N) is 3. The predicted octanol–water partition coefficient (Wildman–Crippen LogP) is 3.21. The molecule has 0 saturated heterocycles. The van der Waals surface area contributed by atoms with Crippen LogP contribution in [-0.4, -0.2) is 59.0 Å². The second kappa shape index (κ2) is 13.4. The molecule has 0 aromatic carbocycles. The van der Waals surface area contributed by atoms with E-state index in [0.29, 0.717) is 32.7 Å². The molecule has 0 N–H and O–H groups in total. The highest BCUT2D eigenvalue weighted by atomic mass is 16.5. The van der Waals surface area contributed by atoms with Crippen molar-refractivity contribution in [2.24, 2.45) is 7.05 Å². The Morgan fingerprint density at radius 3 is 2.37 bits per heavy atom. The Labute approximate surface area is 164 Å². The van der Waals surface area contributed by atoms with Gasteiger partial charge in [-0.15, -0.1) is 0 Å². The van der Waals surface area contributed by atoms with Gasteiger partial charge in [0.05, 0.1) is 13.1 Å². The van der Waals surface area contributed by atoms with Crippen LogP contribution in [0.3, 0.4) is 0 Å². The highest BCUT2D eigenvalue weighted by molar-refractivity contribution is 5.84. The lowest BCUT2D eigenvalue weighted by atomic mass is 10.2. The summed E-state index contributed by atoms with van der Waals surface area (Å²) in [5.41, 5.74) is 1.10. The van der Waals surface area contributed by atoms with Crippen LogP contribution >= 0.6 is 0 Å². The van der Waals surface area contributed by atoms with Crippen LogP contribution in [0, 0.1) is 0 Å². The monoisotopic (exact) mass is 379 g/mol. The minimum absolute atomic E-state index is 0.0190. The lowest BCUT2D eigenvalue weighted by Gasteiger charge is -2.28. The second-order valence-electron chi connectivity index (χ2n) is 6.90. The van der Waals surface area contributed by atoms with Gasteiger partial charge in [0.25, 0.3) is 0 Å². The van der Waals surface area contributed by atoms with Crippen molar-refractivity contribution in [3.05, 3.63) is 24.0 Å². The van der Waals surface area contributed by atoms with Gasteiger partial charge in [0.2, 0.25) is 11.8 Å². The fraction of sp³-hybridized carbons (Fsp3) is 0.714. The SMILES string of the molecule is CCCCN(Cc1cccn1C)C(=O)CN(CCCOCC)C(=O)CCC. The third-order valence-corrected chi connectivity index (χ3v) is 4.60. The Morgan fingerprint density at radius 2 is 1.78 bits per heavy atom. The summed E-state index contributed by atoms with van der Waals surface area (Å²) in [5, 5.41) is 0. The molecule has 27 heavy (non-hydrogen) atoms. The molecule has 6 nitrogen and oxygen atoms in total. The molecular formula is C21H37N3O3. The van der Waals surface area contributed by atoms with Crippen molar-refractivity contribution >= 4 is 11.8 Å². The number of hydrogen-bond acceptors (Lipinski definition) is 3. The smallest absolute Gasteiger partial charge is 0.242 e. The Kier molecular flexibility index (Phi) is 11.5. The van der Waals surface area contributed by atoms with Crippen LogP contribution in [0.1, 0.15) is 58.6 Å². The van der Waals surface area contributed by atoms with E-state index in [0.717, 1.165) is 37.9 Å². The van der Waals surface area contributed by atoms with Gasteiger partial charge in [-0.1, -0.05) is 20.3 Å². The maximum atomic E-state index is 13.0. The molecule has 0 spiro atoms. The van der Waals surface area contributed by atoms with E-state index < -0.39 is 0 Å². The number of unbranched alkanes of at least 4 members (excludes halogenated alkanes) is 1. The molecule has 0 aliphatic rings. The van der Waals surface area contributed by atoms with Crippen LogP contribution in [0.15, 0.2) is 18.3 Å². The summed E-state index contributed by atoms with van der Waals surface area (Å²) in [7, 11) is 1.99. The molecule has 1 aromatic rings. The summed E-state index contributed by atoms with van der Waals surface area (Å²) in [5.74, 6) is 0.0715. The number of aryl methyl sites for hydroxylation is 1. The first-order valence-electron chi connectivity index (χ1n) is 10.3. The largest absolute Gasteiger partial charge is 0.382 e. The average molecular weight is 380 g/mol. The normalized spacial score (nSPS) is 10.8. The molecule has 6 heteroatoms. The molecule has 0 saturated carbocycles. The highest BCUT2D eigenvalue weighted by Crippen LogP contribution is 2.09. The fourth-order valence-electron chi connectivity index (χ4n) is 2.93. The Bertz CT molecular complexity index is 557. The summed E-state index contributed by atoms with van der Waals surface area (Å²) < 4.78 is 7.41. The van der Waals surface area contributed by atoms with Crippen LogP contribution in [0.2, 0.25) is 0 Å².